The molecule has 1 fully saturated rings. The molecule has 0 aromatic heterocycles. The predicted molar refractivity (Wildman–Crippen MR) is 89.9 cm³/mol. The molecule has 0 spiro atoms. The van der Waals surface area contributed by atoms with E-state index in [1.165, 1.54) is 0 Å². The molecule has 3 atom stereocenters. The third kappa shape index (κ3) is 5.31. The molecule has 0 aliphatic heterocycles. The summed E-state index contributed by atoms with van der Waals surface area (Å²) in [7, 11) is 0. The molecule has 1 unspecified atom stereocenters. The highest BCUT2D eigenvalue weighted by molar-refractivity contribution is 5.96. The summed E-state index contributed by atoms with van der Waals surface area (Å²) < 4.78 is 0. The lowest BCUT2D eigenvalue weighted by Crippen LogP contribution is -2.43. The average molecular weight is 326 g/mol. The minimum atomic E-state index is -0.560. The van der Waals surface area contributed by atoms with Crippen LogP contribution in [0.4, 0.5) is 5.69 Å². The Hall–Kier alpha value is -1.59. The van der Waals surface area contributed by atoms with Crippen molar-refractivity contribution in [3.8, 4) is 0 Å². The van der Waals surface area contributed by atoms with Crippen molar-refractivity contribution >= 4 is 29.9 Å². The van der Waals surface area contributed by atoms with E-state index in [4.69, 9.17) is 5.73 Å². The number of nitrogens with two attached hydrogens (primary N) is 1. The Morgan fingerprint density at radius 3 is 2.55 bits per heavy atom. The van der Waals surface area contributed by atoms with Gasteiger partial charge in [0.25, 0.3) is 0 Å². The third-order valence-corrected chi connectivity index (χ3v) is 3.98. The van der Waals surface area contributed by atoms with Crippen molar-refractivity contribution in [1.29, 1.82) is 0 Å². The fourth-order valence-electron chi connectivity index (χ4n) is 2.70. The molecule has 1 aromatic carbocycles. The molecule has 6 heteroatoms. The number of hydrogen-bond donors (Lipinski definition) is 3. The maximum absolute atomic E-state index is 12.0. The van der Waals surface area contributed by atoms with Crippen LogP contribution >= 0.6 is 12.4 Å². The monoisotopic (exact) mass is 325 g/mol. The van der Waals surface area contributed by atoms with E-state index in [1.54, 1.807) is 6.92 Å². The van der Waals surface area contributed by atoms with Crippen LogP contribution in [0.25, 0.3) is 0 Å². The second-order valence-corrected chi connectivity index (χ2v) is 5.70. The van der Waals surface area contributed by atoms with Gasteiger partial charge in [-0.15, -0.1) is 12.4 Å². The van der Waals surface area contributed by atoms with Crippen molar-refractivity contribution in [2.75, 3.05) is 5.32 Å². The van der Waals surface area contributed by atoms with E-state index in [9.17, 15) is 9.59 Å². The summed E-state index contributed by atoms with van der Waals surface area (Å²) in [5.74, 6) is -0.0762. The van der Waals surface area contributed by atoms with Gasteiger partial charge in [0, 0.05) is 18.2 Å². The number of benzene rings is 1. The van der Waals surface area contributed by atoms with Crippen molar-refractivity contribution in [3.63, 3.8) is 0 Å². The first-order valence-electron chi connectivity index (χ1n) is 7.47. The molecular formula is C16H24ClN3O2. The first kappa shape index (κ1) is 18.5. The van der Waals surface area contributed by atoms with Crippen LogP contribution in [-0.4, -0.2) is 23.9 Å². The topological polar surface area (TPSA) is 84.2 Å². The molecule has 2 rings (SSSR count). The first-order chi connectivity index (χ1) is 10.1. The summed E-state index contributed by atoms with van der Waals surface area (Å²) in [6, 6.07) is 8.75. The molecular weight excluding hydrogens is 302 g/mol. The van der Waals surface area contributed by atoms with E-state index in [1.807, 2.05) is 30.3 Å². The number of carbonyl (C=O) groups excluding carboxylic acids is 2. The summed E-state index contributed by atoms with van der Waals surface area (Å²) in [6.07, 6.45) is 3.48. The Kier molecular flexibility index (Phi) is 7.35. The zero-order chi connectivity index (χ0) is 15.2. The van der Waals surface area contributed by atoms with E-state index in [2.05, 4.69) is 10.6 Å². The van der Waals surface area contributed by atoms with Crippen LogP contribution in [0.3, 0.4) is 0 Å². The number of halogens is 1. The second-order valence-electron chi connectivity index (χ2n) is 5.70. The largest absolute Gasteiger partial charge is 0.345 e. The SMILES string of the molecule is CC(NC(=O)C[C@@H]1CCC[C@H]1N)C(=O)Nc1ccccc1.Cl. The van der Waals surface area contributed by atoms with Crippen molar-refractivity contribution in [2.24, 2.45) is 11.7 Å². The van der Waals surface area contributed by atoms with Crippen LogP contribution in [0.1, 0.15) is 32.6 Å². The van der Waals surface area contributed by atoms with Crippen LogP contribution < -0.4 is 16.4 Å². The van der Waals surface area contributed by atoms with E-state index in [0.717, 1.165) is 24.9 Å². The van der Waals surface area contributed by atoms with Gasteiger partial charge in [-0.25, -0.2) is 0 Å². The zero-order valence-electron chi connectivity index (χ0n) is 12.7. The van der Waals surface area contributed by atoms with Crippen LogP contribution in [0.2, 0.25) is 0 Å². The Balaban J connectivity index is 0.00000242. The second kappa shape index (κ2) is 8.76. The number of amides is 2. The molecule has 1 aliphatic rings. The lowest BCUT2D eigenvalue weighted by molar-refractivity contribution is -0.126. The van der Waals surface area contributed by atoms with Crippen LogP contribution in [0.15, 0.2) is 30.3 Å². The fourth-order valence-corrected chi connectivity index (χ4v) is 2.70. The minimum absolute atomic E-state index is 0. The molecule has 1 saturated carbocycles. The Labute approximate surface area is 137 Å². The van der Waals surface area contributed by atoms with Gasteiger partial charge in [0.05, 0.1) is 0 Å². The number of para-hydroxylation sites is 1. The number of rotatable bonds is 5. The minimum Gasteiger partial charge on any atom is -0.345 e. The fraction of sp³-hybridized carbons (Fsp3) is 0.500. The van der Waals surface area contributed by atoms with Gasteiger partial charge in [0.1, 0.15) is 6.04 Å². The molecule has 1 aliphatic carbocycles. The van der Waals surface area contributed by atoms with Gasteiger partial charge < -0.3 is 16.4 Å². The number of nitrogens with one attached hydrogen (secondary N) is 2. The molecule has 1 aromatic rings. The van der Waals surface area contributed by atoms with Gasteiger partial charge in [0.15, 0.2) is 0 Å². The molecule has 0 radical (unpaired) electrons. The van der Waals surface area contributed by atoms with E-state index < -0.39 is 6.04 Å². The van der Waals surface area contributed by atoms with E-state index in [-0.39, 0.29) is 36.2 Å². The average Bonchev–Trinajstić information content (AvgIpc) is 2.85. The first-order valence-corrected chi connectivity index (χ1v) is 7.47. The lowest BCUT2D eigenvalue weighted by atomic mass is 10.00. The number of hydrogen-bond acceptors (Lipinski definition) is 3. The summed E-state index contributed by atoms with van der Waals surface area (Å²) in [5, 5.41) is 5.51. The molecule has 0 saturated heterocycles. The maximum atomic E-state index is 12.0. The quantitative estimate of drug-likeness (QED) is 0.774. The number of anilines is 1. The third-order valence-electron chi connectivity index (χ3n) is 3.98. The highest BCUT2D eigenvalue weighted by Gasteiger charge is 2.27. The summed E-state index contributed by atoms with van der Waals surface area (Å²) in [6.45, 7) is 1.69. The smallest absolute Gasteiger partial charge is 0.246 e. The Bertz CT molecular complexity index is 495. The van der Waals surface area contributed by atoms with E-state index >= 15 is 0 Å². The van der Waals surface area contributed by atoms with Gasteiger partial charge in [-0.05, 0) is 37.8 Å². The zero-order valence-corrected chi connectivity index (χ0v) is 13.6. The number of carbonyl (C=O) groups is 2. The van der Waals surface area contributed by atoms with E-state index in [0.29, 0.717) is 6.42 Å². The van der Waals surface area contributed by atoms with Gasteiger partial charge in [0.2, 0.25) is 11.8 Å². The molecule has 0 heterocycles. The Morgan fingerprint density at radius 1 is 1.27 bits per heavy atom. The molecule has 5 nitrogen and oxygen atoms in total. The summed E-state index contributed by atoms with van der Waals surface area (Å²) in [4.78, 5) is 24.0. The highest BCUT2D eigenvalue weighted by atomic mass is 35.5. The van der Waals surface area contributed by atoms with Crippen molar-refractivity contribution in [2.45, 2.75) is 44.7 Å². The van der Waals surface area contributed by atoms with Gasteiger partial charge in [-0.1, -0.05) is 24.6 Å². The maximum Gasteiger partial charge on any atom is 0.246 e. The van der Waals surface area contributed by atoms with Crippen molar-refractivity contribution < 1.29 is 9.59 Å². The summed E-state index contributed by atoms with van der Waals surface area (Å²) in [5.41, 5.74) is 6.68. The normalized spacial score (nSPS) is 21.5. The highest BCUT2D eigenvalue weighted by Crippen LogP contribution is 2.26. The van der Waals surface area contributed by atoms with Gasteiger partial charge >= 0.3 is 0 Å². The van der Waals surface area contributed by atoms with Crippen LogP contribution in [-0.2, 0) is 9.59 Å². The molecule has 0 bridgehead atoms. The van der Waals surface area contributed by atoms with Crippen LogP contribution in [0.5, 0.6) is 0 Å². The lowest BCUT2D eigenvalue weighted by Gasteiger charge is -2.18. The van der Waals surface area contributed by atoms with Gasteiger partial charge in [-0.2, -0.15) is 0 Å². The van der Waals surface area contributed by atoms with Gasteiger partial charge in [-0.3, -0.25) is 9.59 Å². The molecule has 4 N–H and O–H groups in total. The van der Waals surface area contributed by atoms with Crippen molar-refractivity contribution in [1.82, 2.24) is 5.32 Å². The molecule has 2 amide bonds. The predicted octanol–water partition coefficient (Wildman–Crippen LogP) is 2.07. The summed E-state index contributed by atoms with van der Waals surface area (Å²) >= 11 is 0. The standard InChI is InChI=1S/C16H23N3O2.ClH/c1-11(16(21)19-13-7-3-2-4-8-13)18-15(20)10-12-6-5-9-14(12)17;/h2-4,7-8,11-12,14H,5-6,9-10,17H2,1H3,(H,18,20)(H,19,21);1H/t11?,12-,14+;/m0./s1. The van der Waals surface area contributed by atoms with Crippen LogP contribution in [0, 0.1) is 5.92 Å². The van der Waals surface area contributed by atoms with Crippen molar-refractivity contribution in [3.05, 3.63) is 30.3 Å². The molecule has 122 valence electrons. The Morgan fingerprint density at radius 2 is 1.95 bits per heavy atom. The molecule has 22 heavy (non-hydrogen) atoms.